The van der Waals surface area contributed by atoms with Crippen LogP contribution in [0.15, 0.2) is 305 Å². The molecule has 0 unspecified atom stereocenters. The van der Waals surface area contributed by atoms with Gasteiger partial charge in [-0.15, -0.1) is 0 Å². The molecule has 0 atom stereocenters. The van der Waals surface area contributed by atoms with Crippen LogP contribution in [-0.2, 0) is 10.8 Å². The maximum Gasteiger partial charge on any atom is 0.247 e. The molecule has 13 aromatic carbocycles. The molecular weight excluding hydrogens is 1090 g/mol. The first kappa shape index (κ1) is 54.4. The zero-order chi connectivity index (χ0) is 59.0. The van der Waals surface area contributed by atoms with Gasteiger partial charge in [0.1, 0.15) is 0 Å². The molecule has 0 amide bonds. The molecule has 13 aromatic rings. The molecule has 87 heavy (non-hydrogen) atoms. The maximum atomic E-state index is 2.52. The smallest absolute Gasteiger partial charge is 0.247 e. The first-order valence-corrected chi connectivity index (χ1v) is 32.0. The van der Waals surface area contributed by atoms with Crippen LogP contribution in [0.4, 0.5) is 34.1 Å². The van der Waals surface area contributed by atoms with Crippen molar-refractivity contribution in [2.75, 3.05) is 9.80 Å². The summed E-state index contributed by atoms with van der Waals surface area (Å²) in [5, 5.41) is 4.98. The lowest BCUT2D eigenvalue weighted by Gasteiger charge is -2.35. The predicted molar refractivity (Wildman–Crippen MR) is 376 cm³/mol. The largest absolute Gasteiger partial charge is 0.310 e. The molecule has 0 saturated carbocycles. The van der Waals surface area contributed by atoms with E-state index in [1.807, 2.05) is 23.5 Å². The van der Waals surface area contributed by atoms with Crippen LogP contribution in [0, 0.1) is 0 Å². The van der Waals surface area contributed by atoms with Gasteiger partial charge in [0.25, 0.3) is 0 Å². The van der Waals surface area contributed by atoms with Gasteiger partial charge in [-0.1, -0.05) is 258 Å². The van der Waals surface area contributed by atoms with E-state index in [2.05, 4.69) is 336 Å². The minimum absolute atomic E-state index is 0.0159. The number of nitrogens with zero attached hydrogens (tertiary/aromatic N) is 2. The van der Waals surface area contributed by atoms with E-state index in [-0.39, 0.29) is 17.5 Å². The summed E-state index contributed by atoms with van der Waals surface area (Å²) in [5.41, 5.74) is 23.1. The summed E-state index contributed by atoms with van der Waals surface area (Å²) >= 11 is 3.85. The van der Waals surface area contributed by atoms with Crippen molar-refractivity contribution in [3.05, 3.63) is 296 Å². The summed E-state index contributed by atoms with van der Waals surface area (Å²) in [6.45, 7) is 14.1. The number of hydrogen-bond donors (Lipinski definition) is 0. The summed E-state index contributed by atoms with van der Waals surface area (Å²) in [4.78, 5) is 9.90. The van der Waals surface area contributed by atoms with E-state index < -0.39 is 0 Å². The lowest BCUT2D eigenvalue weighted by atomic mass is 9.36. The van der Waals surface area contributed by atoms with Crippen LogP contribution in [0.25, 0.3) is 66.1 Å². The molecular formula is C82H65BN2S2. The second-order valence-electron chi connectivity index (χ2n) is 25.3. The van der Waals surface area contributed by atoms with Gasteiger partial charge >= 0.3 is 0 Å². The Morgan fingerprint density at radius 1 is 0.264 bits per heavy atom. The fraction of sp³-hybridized carbons (Fsp3) is 0.0976. The van der Waals surface area contributed by atoms with Gasteiger partial charge in [-0.3, -0.25) is 0 Å². The quantitative estimate of drug-likeness (QED) is 0.0994. The zero-order valence-electron chi connectivity index (χ0n) is 49.9. The van der Waals surface area contributed by atoms with Gasteiger partial charge in [0.2, 0.25) is 6.71 Å². The van der Waals surface area contributed by atoms with Crippen molar-refractivity contribution in [3.8, 4) is 44.5 Å². The topological polar surface area (TPSA) is 6.48 Å². The van der Waals surface area contributed by atoms with Gasteiger partial charge in [-0.2, -0.15) is 0 Å². The summed E-state index contributed by atoms with van der Waals surface area (Å²) in [7, 11) is 0. The highest BCUT2D eigenvalue weighted by Crippen LogP contribution is 2.49. The standard InChI is InChI=1S/C82H65BN2S2/c1-81(2,3)60-47-57(48-61(51-60)82(4,5)6)55-44-56(46-59(45-55)79-70-38-24-22-36-68(70)78(54-26-12-7-13-27-54)69-37-23-25-39-71(69)79)58-49-76-80-77(50-58)87-75-53-67(85(64-32-18-10-19-33-64)65-34-20-11-21-35-65)41-43-73(75)83(80)72-42-40-66(52-74(72)86-76)84(62-28-14-8-15-29-62)63-30-16-9-17-31-63/h7-53H,1-6H3. The Balaban J connectivity index is 0.977. The van der Waals surface area contributed by atoms with Crippen molar-refractivity contribution < 1.29 is 0 Å². The maximum absolute atomic E-state index is 2.52. The molecule has 2 heterocycles. The van der Waals surface area contributed by atoms with Crippen molar-refractivity contribution in [1.29, 1.82) is 0 Å². The van der Waals surface area contributed by atoms with E-state index in [1.165, 1.54) is 113 Å². The second-order valence-corrected chi connectivity index (χ2v) is 27.5. The van der Waals surface area contributed by atoms with Gasteiger partial charge in [0.15, 0.2) is 0 Å². The molecule has 0 saturated heterocycles. The molecule has 2 aliphatic heterocycles. The fourth-order valence-electron chi connectivity index (χ4n) is 13.2. The number of fused-ring (bicyclic) bond motifs is 6. The third-order valence-corrected chi connectivity index (χ3v) is 19.8. The van der Waals surface area contributed by atoms with Crippen LogP contribution in [-0.4, -0.2) is 6.71 Å². The van der Waals surface area contributed by atoms with Crippen molar-refractivity contribution >= 4 is 102 Å². The Kier molecular flexibility index (Phi) is 13.7. The number of para-hydroxylation sites is 4. The molecule has 15 rings (SSSR count). The van der Waals surface area contributed by atoms with E-state index in [1.54, 1.807) is 0 Å². The number of rotatable bonds is 10. The lowest BCUT2D eigenvalue weighted by molar-refractivity contribution is 0.569. The molecule has 2 nitrogen and oxygen atoms in total. The summed E-state index contributed by atoms with van der Waals surface area (Å²) in [6, 6.07) is 107. The van der Waals surface area contributed by atoms with Crippen LogP contribution in [0.5, 0.6) is 0 Å². The van der Waals surface area contributed by atoms with Crippen molar-refractivity contribution in [2.24, 2.45) is 0 Å². The van der Waals surface area contributed by atoms with E-state index >= 15 is 0 Å². The first-order valence-electron chi connectivity index (χ1n) is 30.3. The Hall–Kier alpha value is -9.26. The molecule has 0 bridgehead atoms. The average molecular weight is 1150 g/mol. The second kappa shape index (κ2) is 21.9. The average Bonchev–Trinajstić information content (AvgIpc) is 0.980. The lowest BCUT2D eigenvalue weighted by Crippen LogP contribution is -2.58. The SMILES string of the molecule is CC(C)(C)c1cc(-c2cc(-c3cc4c5c(c3)Sc3cc(N(c6ccccc6)c6ccccc6)ccc3B5c3ccc(N(c5ccccc5)c5ccccc5)cc3S4)cc(-c3c4ccccc4c(-c4ccccc4)c4ccccc34)c2)cc(C(C)(C)C)c1. The van der Waals surface area contributed by atoms with Crippen LogP contribution in [0.1, 0.15) is 52.7 Å². The molecule has 0 aliphatic carbocycles. The highest BCUT2D eigenvalue weighted by molar-refractivity contribution is 8.01. The Labute approximate surface area is 521 Å². The monoisotopic (exact) mass is 1150 g/mol. The van der Waals surface area contributed by atoms with E-state index in [0.29, 0.717) is 0 Å². The molecule has 418 valence electrons. The van der Waals surface area contributed by atoms with Crippen LogP contribution < -0.4 is 26.2 Å². The van der Waals surface area contributed by atoms with Crippen molar-refractivity contribution in [3.63, 3.8) is 0 Å². The molecule has 2 aliphatic rings. The normalized spacial score (nSPS) is 12.6. The zero-order valence-corrected chi connectivity index (χ0v) is 51.6. The number of hydrogen-bond acceptors (Lipinski definition) is 4. The van der Waals surface area contributed by atoms with Crippen molar-refractivity contribution in [1.82, 2.24) is 0 Å². The minimum Gasteiger partial charge on any atom is -0.310 e. The first-order chi connectivity index (χ1) is 42.4. The number of anilines is 6. The van der Waals surface area contributed by atoms with Gasteiger partial charge in [-0.25, -0.2) is 0 Å². The molecule has 5 heteroatoms. The highest BCUT2D eigenvalue weighted by Gasteiger charge is 2.39. The van der Waals surface area contributed by atoms with Gasteiger partial charge in [-0.05, 0) is 197 Å². The van der Waals surface area contributed by atoms with Gasteiger partial charge in [0.05, 0.1) is 0 Å². The number of benzene rings is 13. The molecule has 0 fully saturated rings. The molecule has 0 spiro atoms. The minimum atomic E-state index is -0.0625. The highest BCUT2D eigenvalue weighted by atomic mass is 32.2. The predicted octanol–water partition coefficient (Wildman–Crippen LogP) is 21.6. The molecule has 0 radical (unpaired) electrons. The van der Waals surface area contributed by atoms with E-state index in [4.69, 9.17) is 0 Å². The van der Waals surface area contributed by atoms with Crippen LogP contribution in [0.2, 0.25) is 0 Å². The third kappa shape index (κ3) is 10.0. The van der Waals surface area contributed by atoms with Gasteiger partial charge < -0.3 is 9.80 Å². The van der Waals surface area contributed by atoms with Crippen LogP contribution >= 0.6 is 23.5 Å². The van der Waals surface area contributed by atoms with Crippen LogP contribution in [0.3, 0.4) is 0 Å². The summed E-state index contributed by atoms with van der Waals surface area (Å²) < 4.78 is 0. The Morgan fingerprint density at radius 3 is 0.966 bits per heavy atom. The summed E-state index contributed by atoms with van der Waals surface area (Å²) in [5.74, 6) is 0. The Bertz CT molecular complexity index is 4440. The van der Waals surface area contributed by atoms with E-state index in [9.17, 15) is 0 Å². The summed E-state index contributed by atoms with van der Waals surface area (Å²) in [6.07, 6.45) is 0. The van der Waals surface area contributed by atoms with Gasteiger partial charge in [0, 0.05) is 53.7 Å². The Morgan fingerprint density at radius 2 is 0.586 bits per heavy atom. The van der Waals surface area contributed by atoms with Crippen molar-refractivity contribution in [2.45, 2.75) is 72.0 Å². The van der Waals surface area contributed by atoms with E-state index in [0.717, 1.165) is 34.1 Å². The molecule has 0 aromatic heterocycles. The third-order valence-electron chi connectivity index (χ3n) is 17.6. The fourth-order valence-corrected chi connectivity index (χ4v) is 15.8. The molecule has 0 N–H and O–H groups in total.